The van der Waals surface area contributed by atoms with E-state index in [1.807, 2.05) is 48.9 Å². The lowest BCUT2D eigenvalue weighted by Crippen LogP contribution is -2.34. The first-order valence-corrected chi connectivity index (χ1v) is 10.2. The Balaban J connectivity index is 1.59. The molecule has 0 saturated heterocycles. The normalized spacial score (nSPS) is 13.5. The third-order valence-electron chi connectivity index (χ3n) is 5.47. The number of rotatable bonds is 6. The van der Waals surface area contributed by atoms with E-state index < -0.39 is 0 Å². The molecule has 3 aromatic rings. The van der Waals surface area contributed by atoms with Crippen LogP contribution < -0.4 is 0 Å². The van der Waals surface area contributed by atoms with E-state index in [9.17, 15) is 9.18 Å². The van der Waals surface area contributed by atoms with Crippen LogP contribution in [0.1, 0.15) is 35.4 Å². The van der Waals surface area contributed by atoms with Crippen molar-refractivity contribution < 1.29 is 9.18 Å². The number of carbonyl (C=O) groups is 1. The molecule has 1 heterocycles. The van der Waals surface area contributed by atoms with Gasteiger partial charge in [0, 0.05) is 27.9 Å². The lowest BCUT2D eigenvalue weighted by Gasteiger charge is -2.23. The Morgan fingerprint density at radius 1 is 1.14 bits per heavy atom. The number of carbonyl (C=O) groups excluding carboxylic acids is 1. The number of nitrogens with zero attached hydrogens (tertiary/aromatic N) is 3. The van der Waals surface area contributed by atoms with E-state index >= 15 is 0 Å². The molecule has 4 nitrogen and oxygen atoms in total. The molecule has 1 aromatic heterocycles. The van der Waals surface area contributed by atoms with E-state index in [1.165, 1.54) is 6.07 Å². The van der Waals surface area contributed by atoms with Crippen molar-refractivity contribution in [2.45, 2.75) is 45.7 Å². The van der Waals surface area contributed by atoms with Gasteiger partial charge in [0.1, 0.15) is 5.82 Å². The molecule has 0 N–H and O–H groups in total. The predicted molar refractivity (Wildman–Crippen MR) is 112 cm³/mol. The summed E-state index contributed by atoms with van der Waals surface area (Å²) in [6, 6.07) is 14.6. The predicted octanol–water partition coefficient (Wildman–Crippen LogP) is 5.02. The number of halogens is 2. The van der Waals surface area contributed by atoms with Crippen LogP contribution in [0.3, 0.4) is 0 Å². The number of amides is 1. The van der Waals surface area contributed by atoms with E-state index in [0.29, 0.717) is 10.6 Å². The Labute approximate surface area is 174 Å². The summed E-state index contributed by atoms with van der Waals surface area (Å²) >= 11 is 6.19. The molecule has 1 amide bonds. The molecule has 1 aliphatic rings. The third-order valence-corrected chi connectivity index (χ3v) is 5.82. The summed E-state index contributed by atoms with van der Waals surface area (Å²) in [7, 11) is 0. The van der Waals surface area contributed by atoms with Crippen LogP contribution in [0.4, 0.5) is 4.39 Å². The Morgan fingerprint density at radius 2 is 1.86 bits per heavy atom. The van der Waals surface area contributed by atoms with Crippen molar-refractivity contribution in [3.05, 3.63) is 81.9 Å². The lowest BCUT2D eigenvalue weighted by molar-refractivity contribution is -0.131. The molecule has 29 heavy (non-hydrogen) atoms. The molecule has 0 spiro atoms. The SMILES string of the molecule is Cc1nn(-c2ccccc2)c(C)c1CC(=O)N(Cc1c(F)cccc1Cl)C1CC1. The Bertz CT molecular complexity index is 1020. The van der Waals surface area contributed by atoms with Gasteiger partial charge in [-0.3, -0.25) is 4.79 Å². The van der Waals surface area contributed by atoms with Crippen molar-refractivity contribution in [3.63, 3.8) is 0 Å². The highest BCUT2D eigenvalue weighted by Gasteiger charge is 2.34. The molecular formula is C23H23ClFN3O. The van der Waals surface area contributed by atoms with Crippen LogP contribution in [-0.4, -0.2) is 26.6 Å². The largest absolute Gasteiger partial charge is 0.335 e. The Kier molecular flexibility index (Phi) is 5.41. The van der Waals surface area contributed by atoms with Gasteiger partial charge >= 0.3 is 0 Å². The fraction of sp³-hybridized carbons (Fsp3) is 0.304. The summed E-state index contributed by atoms with van der Waals surface area (Å²) in [6.45, 7) is 4.09. The standard InChI is InChI=1S/C23H23ClFN3O/c1-15-19(16(2)28(26-15)18-7-4-3-5-8-18)13-23(29)27(17-11-12-17)14-20-21(24)9-6-10-22(20)25/h3-10,17H,11-14H2,1-2H3. The lowest BCUT2D eigenvalue weighted by atomic mass is 10.1. The summed E-state index contributed by atoms with van der Waals surface area (Å²) < 4.78 is 16.1. The van der Waals surface area contributed by atoms with Crippen molar-refractivity contribution in [2.24, 2.45) is 0 Å². The minimum absolute atomic E-state index is 0.0226. The van der Waals surface area contributed by atoms with E-state index in [-0.39, 0.29) is 30.7 Å². The first-order valence-electron chi connectivity index (χ1n) is 9.78. The average molecular weight is 412 g/mol. The maximum Gasteiger partial charge on any atom is 0.227 e. The van der Waals surface area contributed by atoms with Crippen molar-refractivity contribution in [3.8, 4) is 5.69 Å². The zero-order chi connectivity index (χ0) is 20.5. The van der Waals surface area contributed by atoms with Crippen LogP contribution in [0.15, 0.2) is 48.5 Å². The summed E-state index contributed by atoms with van der Waals surface area (Å²) in [6.07, 6.45) is 2.13. The van der Waals surface area contributed by atoms with Crippen LogP contribution in [0.2, 0.25) is 5.02 Å². The molecule has 1 fully saturated rings. The zero-order valence-corrected chi connectivity index (χ0v) is 17.3. The maximum atomic E-state index is 14.3. The maximum absolute atomic E-state index is 14.3. The van der Waals surface area contributed by atoms with Crippen molar-refractivity contribution in [1.82, 2.24) is 14.7 Å². The smallest absolute Gasteiger partial charge is 0.227 e. The Hall–Kier alpha value is -2.66. The molecule has 4 rings (SSSR count). The van der Waals surface area contributed by atoms with Gasteiger partial charge in [-0.15, -0.1) is 0 Å². The average Bonchev–Trinajstić information content (AvgIpc) is 3.50. The van der Waals surface area contributed by atoms with Gasteiger partial charge in [-0.1, -0.05) is 35.9 Å². The fourth-order valence-electron chi connectivity index (χ4n) is 3.67. The second-order valence-corrected chi connectivity index (χ2v) is 7.93. The molecule has 2 aromatic carbocycles. The van der Waals surface area contributed by atoms with Crippen LogP contribution in [0, 0.1) is 19.7 Å². The summed E-state index contributed by atoms with van der Waals surface area (Å²) in [5.74, 6) is -0.397. The summed E-state index contributed by atoms with van der Waals surface area (Å²) in [4.78, 5) is 15.0. The van der Waals surface area contributed by atoms with E-state index in [0.717, 1.165) is 35.5 Å². The van der Waals surface area contributed by atoms with Gasteiger partial charge in [0.25, 0.3) is 0 Å². The highest BCUT2D eigenvalue weighted by Crippen LogP contribution is 2.32. The van der Waals surface area contributed by atoms with Crippen molar-refractivity contribution in [2.75, 3.05) is 0 Å². The number of aryl methyl sites for hydroxylation is 1. The minimum Gasteiger partial charge on any atom is -0.335 e. The molecule has 6 heteroatoms. The summed E-state index contributed by atoms with van der Waals surface area (Å²) in [5.41, 5.74) is 4.04. The quantitative estimate of drug-likeness (QED) is 0.571. The van der Waals surface area contributed by atoms with Crippen molar-refractivity contribution >= 4 is 17.5 Å². The van der Waals surface area contributed by atoms with Gasteiger partial charge in [0.15, 0.2) is 0 Å². The molecule has 0 aliphatic heterocycles. The van der Waals surface area contributed by atoms with E-state index in [4.69, 9.17) is 11.6 Å². The number of para-hydroxylation sites is 1. The first kappa shape index (κ1) is 19.6. The van der Waals surface area contributed by atoms with Crippen LogP contribution in [0.25, 0.3) is 5.69 Å². The molecule has 0 atom stereocenters. The van der Waals surface area contributed by atoms with Crippen molar-refractivity contribution in [1.29, 1.82) is 0 Å². The fourth-order valence-corrected chi connectivity index (χ4v) is 3.89. The first-order chi connectivity index (χ1) is 14.0. The summed E-state index contributed by atoms with van der Waals surface area (Å²) in [5, 5.41) is 4.98. The second kappa shape index (κ2) is 7.99. The van der Waals surface area contributed by atoms with Gasteiger partial charge < -0.3 is 4.90 Å². The molecule has 0 unspecified atom stereocenters. The molecule has 0 bridgehead atoms. The van der Waals surface area contributed by atoms with Gasteiger partial charge in [-0.2, -0.15) is 5.10 Å². The molecule has 150 valence electrons. The van der Waals surface area contributed by atoms with Gasteiger partial charge in [-0.05, 0) is 51.0 Å². The third kappa shape index (κ3) is 4.06. The highest BCUT2D eigenvalue weighted by molar-refractivity contribution is 6.31. The van der Waals surface area contributed by atoms with E-state index in [2.05, 4.69) is 5.10 Å². The minimum atomic E-state index is -0.375. The van der Waals surface area contributed by atoms with Crippen LogP contribution in [-0.2, 0) is 17.8 Å². The monoisotopic (exact) mass is 411 g/mol. The van der Waals surface area contributed by atoms with Crippen LogP contribution in [0.5, 0.6) is 0 Å². The molecule has 0 radical (unpaired) electrons. The second-order valence-electron chi connectivity index (χ2n) is 7.53. The molecule has 1 aliphatic carbocycles. The van der Waals surface area contributed by atoms with Gasteiger partial charge in [0.2, 0.25) is 5.91 Å². The van der Waals surface area contributed by atoms with Gasteiger partial charge in [0.05, 0.1) is 24.3 Å². The molecular weight excluding hydrogens is 389 g/mol. The molecule has 1 saturated carbocycles. The highest BCUT2D eigenvalue weighted by atomic mass is 35.5. The number of aromatic nitrogens is 2. The Morgan fingerprint density at radius 3 is 2.52 bits per heavy atom. The number of hydrogen-bond acceptors (Lipinski definition) is 2. The van der Waals surface area contributed by atoms with E-state index in [1.54, 1.807) is 17.0 Å². The van der Waals surface area contributed by atoms with Crippen LogP contribution >= 0.6 is 11.6 Å². The number of benzene rings is 2. The van der Waals surface area contributed by atoms with Gasteiger partial charge in [-0.25, -0.2) is 9.07 Å². The zero-order valence-electron chi connectivity index (χ0n) is 16.5. The topological polar surface area (TPSA) is 38.1 Å². The number of hydrogen-bond donors (Lipinski definition) is 0.